The van der Waals surface area contributed by atoms with Gasteiger partial charge in [0.2, 0.25) is 0 Å². The van der Waals surface area contributed by atoms with E-state index in [9.17, 15) is 0 Å². The molecule has 0 spiro atoms. The van der Waals surface area contributed by atoms with Crippen LogP contribution in [0, 0.1) is 0 Å². The van der Waals surface area contributed by atoms with Gasteiger partial charge in [-0.15, -0.1) is 0 Å². The second-order valence-electron chi connectivity index (χ2n) is 3.84. The first-order chi connectivity index (χ1) is 7.06. The maximum absolute atomic E-state index is 5.66. The first-order valence-corrected chi connectivity index (χ1v) is 5.23. The van der Waals surface area contributed by atoms with Crippen molar-refractivity contribution in [2.75, 3.05) is 5.73 Å². The predicted molar refractivity (Wildman–Crippen MR) is 68.6 cm³/mol. The minimum atomic E-state index is 0.812. The van der Waals surface area contributed by atoms with E-state index in [2.05, 4.69) is 45.9 Å². The second kappa shape index (κ2) is 4.83. The van der Waals surface area contributed by atoms with Crippen LogP contribution < -0.4 is 5.73 Å². The Balaban J connectivity index is 3.13. The van der Waals surface area contributed by atoms with Gasteiger partial charge < -0.3 is 5.73 Å². The SMILES string of the molecule is CC=C(C)/C(C)=C(\C)c1ccc(N)cc1. The first kappa shape index (κ1) is 11.6. The topological polar surface area (TPSA) is 26.0 Å². The number of anilines is 1. The lowest BCUT2D eigenvalue weighted by molar-refractivity contribution is 1.31. The minimum absolute atomic E-state index is 0.812. The molecule has 0 saturated heterocycles. The average molecular weight is 201 g/mol. The van der Waals surface area contributed by atoms with Crippen molar-refractivity contribution in [1.82, 2.24) is 0 Å². The standard InChI is InChI=1S/C14H19N/c1-5-10(2)11(3)12(4)13-6-8-14(15)9-7-13/h5-9H,15H2,1-4H3/b10-5?,12-11+. The van der Waals surface area contributed by atoms with Crippen LogP contribution in [0.4, 0.5) is 5.69 Å². The average Bonchev–Trinajstić information content (AvgIpc) is 2.27. The summed E-state index contributed by atoms with van der Waals surface area (Å²) in [4.78, 5) is 0. The maximum Gasteiger partial charge on any atom is 0.0314 e. The Morgan fingerprint density at radius 3 is 2.07 bits per heavy atom. The van der Waals surface area contributed by atoms with Crippen LogP contribution in [0.2, 0.25) is 0 Å². The van der Waals surface area contributed by atoms with Gasteiger partial charge in [0.15, 0.2) is 0 Å². The number of hydrogen-bond acceptors (Lipinski definition) is 1. The van der Waals surface area contributed by atoms with Crippen molar-refractivity contribution < 1.29 is 0 Å². The molecule has 80 valence electrons. The summed E-state index contributed by atoms with van der Waals surface area (Å²) >= 11 is 0. The number of allylic oxidation sites excluding steroid dienone is 4. The fourth-order valence-electron chi connectivity index (χ4n) is 1.46. The van der Waals surface area contributed by atoms with Gasteiger partial charge in [-0.3, -0.25) is 0 Å². The second-order valence-corrected chi connectivity index (χ2v) is 3.84. The van der Waals surface area contributed by atoms with Crippen molar-refractivity contribution in [1.29, 1.82) is 0 Å². The largest absolute Gasteiger partial charge is 0.399 e. The molecule has 1 aromatic rings. The van der Waals surface area contributed by atoms with E-state index in [0.29, 0.717) is 0 Å². The fraction of sp³-hybridized carbons (Fsp3) is 0.286. The summed E-state index contributed by atoms with van der Waals surface area (Å²) in [6, 6.07) is 8.02. The third-order valence-corrected chi connectivity index (χ3v) is 2.93. The zero-order chi connectivity index (χ0) is 11.4. The molecule has 1 aromatic carbocycles. The Hall–Kier alpha value is -1.50. The van der Waals surface area contributed by atoms with Crippen LogP contribution in [-0.4, -0.2) is 0 Å². The van der Waals surface area contributed by atoms with Crippen LogP contribution in [0.25, 0.3) is 5.57 Å². The van der Waals surface area contributed by atoms with E-state index in [1.54, 1.807) is 0 Å². The van der Waals surface area contributed by atoms with Crippen LogP contribution in [0.1, 0.15) is 33.3 Å². The zero-order valence-corrected chi connectivity index (χ0v) is 9.96. The lowest BCUT2D eigenvalue weighted by atomic mass is 9.97. The molecule has 0 bridgehead atoms. The Morgan fingerprint density at radius 1 is 1.07 bits per heavy atom. The zero-order valence-electron chi connectivity index (χ0n) is 9.96. The molecule has 0 fully saturated rings. The third-order valence-electron chi connectivity index (χ3n) is 2.93. The lowest BCUT2D eigenvalue weighted by Gasteiger charge is -2.08. The highest BCUT2D eigenvalue weighted by Crippen LogP contribution is 2.23. The number of rotatable bonds is 2. The van der Waals surface area contributed by atoms with Crippen LogP contribution in [-0.2, 0) is 0 Å². The molecule has 0 amide bonds. The monoisotopic (exact) mass is 201 g/mol. The number of nitrogen functional groups attached to an aromatic ring is 1. The van der Waals surface area contributed by atoms with E-state index in [1.807, 2.05) is 12.1 Å². The Morgan fingerprint density at radius 2 is 1.60 bits per heavy atom. The number of benzene rings is 1. The lowest BCUT2D eigenvalue weighted by Crippen LogP contribution is -1.89. The molecule has 0 aliphatic carbocycles. The highest BCUT2D eigenvalue weighted by atomic mass is 14.5. The predicted octanol–water partition coefficient (Wildman–Crippen LogP) is 4.03. The summed E-state index contributed by atoms with van der Waals surface area (Å²) in [6.45, 7) is 8.50. The molecule has 0 aliphatic rings. The first-order valence-electron chi connectivity index (χ1n) is 5.23. The van der Waals surface area contributed by atoms with E-state index < -0.39 is 0 Å². The highest BCUT2D eigenvalue weighted by Gasteiger charge is 2.01. The summed E-state index contributed by atoms with van der Waals surface area (Å²) in [5, 5.41) is 0. The molecule has 0 heterocycles. The van der Waals surface area contributed by atoms with Gasteiger partial charge in [0.1, 0.15) is 0 Å². The van der Waals surface area contributed by atoms with E-state index in [-0.39, 0.29) is 0 Å². The number of hydrogen-bond donors (Lipinski definition) is 1. The summed E-state index contributed by atoms with van der Waals surface area (Å²) in [5.74, 6) is 0. The smallest absolute Gasteiger partial charge is 0.0314 e. The number of nitrogens with two attached hydrogens (primary N) is 1. The van der Waals surface area contributed by atoms with Gasteiger partial charge in [-0.25, -0.2) is 0 Å². The molecule has 0 unspecified atom stereocenters. The molecule has 0 atom stereocenters. The van der Waals surface area contributed by atoms with Crippen LogP contribution in [0.15, 0.2) is 41.5 Å². The molecule has 0 aromatic heterocycles. The van der Waals surface area contributed by atoms with Crippen molar-refractivity contribution in [2.45, 2.75) is 27.7 Å². The molecule has 1 rings (SSSR count). The third kappa shape index (κ3) is 2.72. The molecule has 1 heteroatoms. The van der Waals surface area contributed by atoms with E-state index >= 15 is 0 Å². The molecular formula is C14H19N. The molecule has 15 heavy (non-hydrogen) atoms. The fourth-order valence-corrected chi connectivity index (χ4v) is 1.46. The van der Waals surface area contributed by atoms with Gasteiger partial charge in [-0.05, 0) is 56.5 Å². The molecule has 0 saturated carbocycles. The Labute approximate surface area is 92.3 Å². The van der Waals surface area contributed by atoms with E-state index in [1.165, 1.54) is 22.3 Å². The van der Waals surface area contributed by atoms with Crippen molar-refractivity contribution >= 4 is 11.3 Å². The molecule has 0 radical (unpaired) electrons. The minimum Gasteiger partial charge on any atom is -0.399 e. The van der Waals surface area contributed by atoms with Crippen molar-refractivity contribution in [3.05, 3.63) is 47.1 Å². The van der Waals surface area contributed by atoms with Gasteiger partial charge in [0.05, 0.1) is 0 Å². The van der Waals surface area contributed by atoms with Gasteiger partial charge in [0, 0.05) is 5.69 Å². The molecular weight excluding hydrogens is 182 g/mol. The van der Waals surface area contributed by atoms with Gasteiger partial charge >= 0.3 is 0 Å². The normalized spacial score (nSPS) is 13.7. The van der Waals surface area contributed by atoms with Crippen LogP contribution in [0.3, 0.4) is 0 Å². The Kier molecular flexibility index (Phi) is 3.73. The summed E-state index contributed by atoms with van der Waals surface area (Å²) in [7, 11) is 0. The van der Waals surface area contributed by atoms with Crippen LogP contribution in [0.5, 0.6) is 0 Å². The van der Waals surface area contributed by atoms with Gasteiger partial charge in [-0.1, -0.05) is 23.8 Å². The molecule has 2 N–H and O–H groups in total. The Bertz CT molecular complexity index is 394. The summed E-state index contributed by atoms with van der Waals surface area (Å²) in [5.41, 5.74) is 11.7. The summed E-state index contributed by atoms with van der Waals surface area (Å²) in [6.07, 6.45) is 2.14. The quantitative estimate of drug-likeness (QED) is 0.567. The van der Waals surface area contributed by atoms with Crippen molar-refractivity contribution in [2.24, 2.45) is 0 Å². The van der Waals surface area contributed by atoms with Crippen LogP contribution >= 0.6 is 0 Å². The van der Waals surface area contributed by atoms with Gasteiger partial charge in [-0.2, -0.15) is 0 Å². The summed E-state index contributed by atoms with van der Waals surface area (Å²) < 4.78 is 0. The maximum atomic E-state index is 5.66. The van der Waals surface area contributed by atoms with E-state index in [4.69, 9.17) is 5.73 Å². The van der Waals surface area contributed by atoms with Gasteiger partial charge in [0.25, 0.3) is 0 Å². The van der Waals surface area contributed by atoms with Crippen molar-refractivity contribution in [3.8, 4) is 0 Å². The van der Waals surface area contributed by atoms with Crippen molar-refractivity contribution in [3.63, 3.8) is 0 Å². The molecule has 0 aliphatic heterocycles. The molecule has 1 nitrogen and oxygen atoms in total. The highest BCUT2D eigenvalue weighted by molar-refractivity contribution is 5.71. The van der Waals surface area contributed by atoms with E-state index in [0.717, 1.165) is 5.69 Å².